The Balaban J connectivity index is 2.01. The Bertz CT molecular complexity index is 1010. The van der Waals surface area contributed by atoms with Gasteiger partial charge in [-0.3, -0.25) is 14.3 Å². The molecule has 1 heterocycles. The van der Waals surface area contributed by atoms with Gasteiger partial charge in [0.05, 0.1) is 5.56 Å². The van der Waals surface area contributed by atoms with E-state index in [-0.39, 0.29) is 5.56 Å². The van der Waals surface area contributed by atoms with E-state index >= 15 is 0 Å². The Labute approximate surface area is 160 Å². The molecule has 1 aromatic heterocycles. The molecule has 26 heavy (non-hydrogen) atoms. The summed E-state index contributed by atoms with van der Waals surface area (Å²) in [4.78, 5) is 29.7. The first-order valence-corrected chi connectivity index (χ1v) is 9.06. The van der Waals surface area contributed by atoms with Crippen LogP contribution in [0.5, 0.6) is 0 Å². The van der Waals surface area contributed by atoms with Gasteiger partial charge in [-0.15, -0.1) is 0 Å². The zero-order valence-corrected chi connectivity index (χ0v) is 16.3. The second kappa shape index (κ2) is 7.74. The summed E-state index contributed by atoms with van der Waals surface area (Å²) in [5.41, 5.74) is 2.00. The summed E-state index contributed by atoms with van der Waals surface area (Å²) in [5, 5.41) is 0. The zero-order valence-electron chi connectivity index (χ0n) is 14.7. The Hall–Kier alpha value is -2.60. The van der Waals surface area contributed by atoms with Crippen molar-refractivity contribution in [2.45, 2.75) is 13.0 Å². The first kappa shape index (κ1) is 18.2. The van der Waals surface area contributed by atoms with Crippen LogP contribution >= 0.6 is 15.9 Å². The van der Waals surface area contributed by atoms with Crippen molar-refractivity contribution in [2.75, 3.05) is 11.9 Å². The summed E-state index contributed by atoms with van der Waals surface area (Å²) in [7, 11) is 3.37. The molecule has 0 radical (unpaired) electrons. The molecule has 0 bridgehead atoms. The number of aromatic nitrogens is 2. The van der Waals surface area contributed by atoms with Crippen molar-refractivity contribution in [3.05, 3.63) is 96.6 Å². The van der Waals surface area contributed by atoms with Crippen LogP contribution in [0.4, 0.5) is 5.82 Å². The molecule has 0 aliphatic heterocycles. The highest BCUT2D eigenvalue weighted by Crippen LogP contribution is 2.19. The minimum atomic E-state index is -0.413. The van der Waals surface area contributed by atoms with Gasteiger partial charge in [-0.2, -0.15) is 0 Å². The van der Waals surface area contributed by atoms with Crippen molar-refractivity contribution < 1.29 is 0 Å². The lowest BCUT2D eigenvalue weighted by Crippen LogP contribution is -2.38. The van der Waals surface area contributed by atoms with Gasteiger partial charge in [0, 0.05) is 31.5 Å². The van der Waals surface area contributed by atoms with Crippen LogP contribution < -0.4 is 16.1 Å². The fourth-order valence-corrected chi connectivity index (χ4v) is 3.15. The van der Waals surface area contributed by atoms with Crippen LogP contribution in [0.1, 0.15) is 16.7 Å². The SMILES string of the molecule is CN(Cc1ccccc1)c1[nH]c(=O)n(C)c(=O)c1Cc1ccc(Br)cc1. The van der Waals surface area contributed by atoms with E-state index in [2.05, 4.69) is 20.9 Å². The molecular weight excluding hydrogens is 394 g/mol. The summed E-state index contributed by atoms with van der Waals surface area (Å²) in [6.07, 6.45) is 0.450. The molecule has 134 valence electrons. The van der Waals surface area contributed by atoms with Crippen molar-refractivity contribution in [3.8, 4) is 0 Å². The minimum Gasteiger partial charge on any atom is -0.356 e. The summed E-state index contributed by atoms with van der Waals surface area (Å²) in [6.45, 7) is 0.595. The fraction of sp³-hybridized carbons (Fsp3) is 0.200. The number of anilines is 1. The van der Waals surface area contributed by atoms with Crippen LogP contribution in [-0.4, -0.2) is 16.6 Å². The first-order chi connectivity index (χ1) is 12.5. The smallest absolute Gasteiger partial charge is 0.329 e. The third-order valence-electron chi connectivity index (χ3n) is 4.32. The first-order valence-electron chi connectivity index (χ1n) is 8.27. The molecule has 0 aliphatic carbocycles. The predicted octanol–water partition coefficient (Wildman–Crippen LogP) is 3.06. The fourth-order valence-electron chi connectivity index (χ4n) is 2.88. The topological polar surface area (TPSA) is 58.1 Å². The number of benzene rings is 2. The Morgan fingerprint density at radius 2 is 1.65 bits per heavy atom. The number of halogens is 1. The van der Waals surface area contributed by atoms with Gasteiger partial charge in [-0.1, -0.05) is 58.4 Å². The summed E-state index contributed by atoms with van der Waals surface area (Å²) < 4.78 is 2.10. The van der Waals surface area contributed by atoms with E-state index < -0.39 is 5.69 Å². The quantitative estimate of drug-likeness (QED) is 0.698. The molecule has 0 atom stereocenters. The average molecular weight is 414 g/mol. The monoisotopic (exact) mass is 413 g/mol. The second-order valence-electron chi connectivity index (χ2n) is 6.27. The third-order valence-corrected chi connectivity index (χ3v) is 4.85. The van der Waals surface area contributed by atoms with E-state index in [4.69, 9.17) is 0 Å². The molecule has 0 spiro atoms. The molecule has 2 aromatic carbocycles. The van der Waals surface area contributed by atoms with Gasteiger partial charge in [0.25, 0.3) is 5.56 Å². The molecule has 6 heteroatoms. The maximum Gasteiger partial charge on any atom is 0.329 e. The van der Waals surface area contributed by atoms with E-state index in [1.807, 2.05) is 66.5 Å². The molecular formula is C20H20BrN3O2. The molecule has 0 saturated heterocycles. The van der Waals surface area contributed by atoms with E-state index in [9.17, 15) is 9.59 Å². The lowest BCUT2D eigenvalue weighted by molar-refractivity contribution is 0.742. The van der Waals surface area contributed by atoms with Crippen molar-refractivity contribution >= 4 is 21.7 Å². The van der Waals surface area contributed by atoms with Crippen LogP contribution in [0.25, 0.3) is 0 Å². The van der Waals surface area contributed by atoms with Gasteiger partial charge in [0.2, 0.25) is 0 Å². The van der Waals surface area contributed by atoms with E-state index in [1.54, 1.807) is 0 Å². The third kappa shape index (κ3) is 3.96. The summed E-state index contributed by atoms with van der Waals surface area (Å²) >= 11 is 3.42. The van der Waals surface area contributed by atoms with E-state index in [0.29, 0.717) is 24.3 Å². The molecule has 3 aromatic rings. The van der Waals surface area contributed by atoms with Gasteiger partial charge < -0.3 is 4.90 Å². The number of hydrogen-bond acceptors (Lipinski definition) is 3. The van der Waals surface area contributed by atoms with Crippen molar-refractivity contribution in [3.63, 3.8) is 0 Å². The van der Waals surface area contributed by atoms with Crippen LogP contribution in [-0.2, 0) is 20.0 Å². The minimum absolute atomic E-state index is 0.272. The van der Waals surface area contributed by atoms with Gasteiger partial charge in [-0.25, -0.2) is 4.79 Å². The molecule has 0 unspecified atom stereocenters. The molecule has 5 nitrogen and oxygen atoms in total. The highest BCUT2D eigenvalue weighted by molar-refractivity contribution is 9.10. The van der Waals surface area contributed by atoms with E-state index in [1.165, 1.54) is 7.05 Å². The standard InChI is InChI=1S/C20H20BrN3O2/c1-23(13-15-6-4-3-5-7-15)18-17(19(25)24(2)20(26)22-18)12-14-8-10-16(21)11-9-14/h3-11H,12-13H2,1-2H3,(H,22,26). The predicted molar refractivity (Wildman–Crippen MR) is 108 cm³/mol. The number of rotatable bonds is 5. The van der Waals surface area contributed by atoms with E-state index in [0.717, 1.165) is 20.2 Å². The maximum absolute atomic E-state index is 12.7. The molecule has 1 N–H and O–H groups in total. The Morgan fingerprint density at radius 1 is 1.00 bits per heavy atom. The second-order valence-corrected chi connectivity index (χ2v) is 7.18. The van der Waals surface area contributed by atoms with Crippen LogP contribution in [0.3, 0.4) is 0 Å². The largest absolute Gasteiger partial charge is 0.356 e. The lowest BCUT2D eigenvalue weighted by atomic mass is 10.1. The van der Waals surface area contributed by atoms with Crippen LogP contribution in [0.2, 0.25) is 0 Å². The summed E-state index contributed by atoms with van der Waals surface area (Å²) in [6, 6.07) is 17.8. The van der Waals surface area contributed by atoms with Crippen LogP contribution in [0.15, 0.2) is 68.7 Å². The highest BCUT2D eigenvalue weighted by Gasteiger charge is 2.16. The van der Waals surface area contributed by atoms with Crippen LogP contribution in [0, 0.1) is 0 Å². The number of hydrogen-bond donors (Lipinski definition) is 1. The number of H-pyrrole nitrogens is 1. The molecule has 3 rings (SSSR count). The average Bonchev–Trinajstić information content (AvgIpc) is 2.64. The summed E-state index contributed by atoms with van der Waals surface area (Å²) in [5.74, 6) is 0.560. The van der Waals surface area contributed by atoms with Gasteiger partial charge in [0.1, 0.15) is 5.82 Å². The highest BCUT2D eigenvalue weighted by atomic mass is 79.9. The molecule has 0 fully saturated rings. The number of nitrogens with zero attached hydrogens (tertiary/aromatic N) is 2. The molecule has 0 amide bonds. The van der Waals surface area contributed by atoms with Crippen molar-refractivity contribution in [1.29, 1.82) is 0 Å². The Kier molecular flexibility index (Phi) is 5.42. The van der Waals surface area contributed by atoms with Crippen molar-refractivity contribution in [1.82, 2.24) is 9.55 Å². The van der Waals surface area contributed by atoms with Gasteiger partial charge in [0.15, 0.2) is 0 Å². The van der Waals surface area contributed by atoms with Gasteiger partial charge in [-0.05, 0) is 23.3 Å². The Morgan fingerprint density at radius 3 is 2.31 bits per heavy atom. The van der Waals surface area contributed by atoms with Crippen molar-refractivity contribution in [2.24, 2.45) is 7.05 Å². The molecule has 0 saturated carbocycles. The number of nitrogens with one attached hydrogen (secondary N) is 1. The molecule has 0 aliphatic rings. The van der Waals surface area contributed by atoms with Gasteiger partial charge >= 0.3 is 5.69 Å². The maximum atomic E-state index is 12.7. The lowest BCUT2D eigenvalue weighted by Gasteiger charge is -2.22. The normalized spacial score (nSPS) is 10.7. The number of aromatic amines is 1. The zero-order chi connectivity index (χ0) is 18.7.